The highest BCUT2D eigenvalue weighted by Crippen LogP contribution is 2.22. The molecule has 0 aromatic heterocycles. The maximum atomic E-state index is 11.4. The molecule has 1 unspecified atom stereocenters. The first kappa shape index (κ1) is 15.5. The summed E-state index contributed by atoms with van der Waals surface area (Å²) < 4.78 is 5.54. The van der Waals surface area contributed by atoms with Gasteiger partial charge in [0.05, 0.1) is 17.2 Å². The summed E-state index contributed by atoms with van der Waals surface area (Å²) in [4.78, 5) is 11.4. The molecular weight excluding hydrogens is 280 g/mol. The van der Waals surface area contributed by atoms with E-state index in [2.05, 4.69) is 0 Å². The molecule has 2 rings (SSSR count). The van der Waals surface area contributed by atoms with Gasteiger partial charge in [0.1, 0.15) is 18.5 Å². The number of amides is 1. The third-order valence-corrected chi connectivity index (χ3v) is 3.22. The number of ether oxygens (including phenoxy) is 1. The van der Waals surface area contributed by atoms with Gasteiger partial charge in [-0.1, -0.05) is 18.2 Å². The van der Waals surface area contributed by atoms with Gasteiger partial charge >= 0.3 is 0 Å². The maximum Gasteiger partial charge on any atom is 0.252 e. The Labute approximate surface area is 128 Å². The van der Waals surface area contributed by atoms with Crippen LogP contribution in [0, 0.1) is 18.3 Å². The van der Waals surface area contributed by atoms with Gasteiger partial charge in [-0.3, -0.25) is 4.79 Å². The molecule has 0 aliphatic heterocycles. The summed E-state index contributed by atoms with van der Waals surface area (Å²) in [6.07, 6.45) is -0.867. The van der Waals surface area contributed by atoms with Crippen LogP contribution in [0.1, 0.15) is 33.2 Å². The average molecular weight is 296 g/mol. The largest absolute Gasteiger partial charge is 0.490 e. The molecule has 2 aromatic rings. The van der Waals surface area contributed by atoms with Gasteiger partial charge in [0.2, 0.25) is 0 Å². The lowest BCUT2D eigenvalue weighted by Crippen LogP contribution is -2.15. The van der Waals surface area contributed by atoms with E-state index in [1.54, 1.807) is 42.5 Å². The zero-order chi connectivity index (χ0) is 16.1. The number of carbonyl (C=O) groups is 1. The van der Waals surface area contributed by atoms with Crippen molar-refractivity contribution in [3.8, 4) is 11.8 Å². The molecule has 5 heteroatoms. The Hall–Kier alpha value is -2.84. The SMILES string of the molecule is Cc1ccc(C(N)=O)c(OCC(O)c2ccc(C#N)cc2)c1. The lowest BCUT2D eigenvalue weighted by atomic mass is 10.1. The van der Waals surface area contributed by atoms with Crippen LogP contribution in [0.15, 0.2) is 42.5 Å². The molecule has 0 spiro atoms. The average Bonchev–Trinajstić information content (AvgIpc) is 2.52. The number of aliphatic hydroxyl groups excluding tert-OH is 1. The molecule has 0 radical (unpaired) electrons. The summed E-state index contributed by atoms with van der Waals surface area (Å²) in [5.74, 6) is -0.233. The van der Waals surface area contributed by atoms with Crippen LogP contribution >= 0.6 is 0 Å². The quantitative estimate of drug-likeness (QED) is 0.882. The first-order valence-electron chi connectivity index (χ1n) is 6.72. The normalized spacial score (nSPS) is 11.5. The molecule has 0 fully saturated rings. The molecule has 22 heavy (non-hydrogen) atoms. The van der Waals surface area contributed by atoms with E-state index in [1.807, 2.05) is 13.0 Å². The van der Waals surface area contributed by atoms with Gasteiger partial charge in [0.15, 0.2) is 0 Å². The van der Waals surface area contributed by atoms with Crippen molar-refractivity contribution in [1.82, 2.24) is 0 Å². The van der Waals surface area contributed by atoms with E-state index < -0.39 is 12.0 Å². The first-order chi connectivity index (χ1) is 10.5. The van der Waals surface area contributed by atoms with Gasteiger partial charge < -0.3 is 15.6 Å². The number of aliphatic hydroxyl groups is 1. The molecule has 0 saturated heterocycles. The highest BCUT2D eigenvalue weighted by atomic mass is 16.5. The first-order valence-corrected chi connectivity index (χ1v) is 6.72. The van der Waals surface area contributed by atoms with E-state index in [0.717, 1.165) is 5.56 Å². The molecule has 0 heterocycles. The van der Waals surface area contributed by atoms with Crippen molar-refractivity contribution in [3.63, 3.8) is 0 Å². The fraction of sp³-hybridized carbons (Fsp3) is 0.176. The molecule has 0 bridgehead atoms. The number of carbonyl (C=O) groups excluding carboxylic acids is 1. The van der Waals surface area contributed by atoms with Crippen molar-refractivity contribution in [2.75, 3.05) is 6.61 Å². The fourth-order valence-electron chi connectivity index (χ4n) is 2.00. The number of rotatable bonds is 5. The van der Waals surface area contributed by atoms with Crippen LogP contribution in [0.25, 0.3) is 0 Å². The summed E-state index contributed by atoms with van der Waals surface area (Å²) in [6, 6.07) is 13.7. The zero-order valence-electron chi connectivity index (χ0n) is 12.1. The Morgan fingerprint density at radius 2 is 2.00 bits per heavy atom. The summed E-state index contributed by atoms with van der Waals surface area (Å²) in [5, 5.41) is 18.9. The predicted octanol–water partition coefficient (Wildman–Crippen LogP) is 2.08. The van der Waals surface area contributed by atoms with Crippen molar-refractivity contribution >= 4 is 5.91 Å². The van der Waals surface area contributed by atoms with E-state index in [-0.39, 0.29) is 12.2 Å². The Balaban J connectivity index is 2.10. The Morgan fingerprint density at radius 1 is 1.32 bits per heavy atom. The van der Waals surface area contributed by atoms with Gasteiger partial charge in [0.25, 0.3) is 5.91 Å². The van der Waals surface area contributed by atoms with Crippen molar-refractivity contribution in [3.05, 3.63) is 64.7 Å². The summed E-state index contributed by atoms with van der Waals surface area (Å²) >= 11 is 0. The maximum absolute atomic E-state index is 11.4. The molecule has 5 nitrogen and oxygen atoms in total. The van der Waals surface area contributed by atoms with Crippen molar-refractivity contribution in [1.29, 1.82) is 5.26 Å². The van der Waals surface area contributed by atoms with Gasteiger partial charge in [-0.25, -0.2) is 0 Å². The Morgan fingerprint density at radius 3 is 2.59 bits per heavy atom. The van der Waals surface area contributed by atoms with Crippen molar-refractivity contribution in [2.24, 2.45) is 5.73 Å². The fourth-order valence-corrected chi connectivity index (χ4v) is 2.00. The molecule has 112 valence electrons. The Bertz CT molecular complexity index is 718. The van der Waals surface area contributed by atoms with Crippen LogP contribution in [0.2, 0.25) is 0 Å². The summed E-state index contributed by atoms with van der Waals surface area (Å²) in [7, 11) is 0. The lowest BCUT2D eigenvalue weighted by molar-refractivity contribution is 0.0967. The molecular formula is C17H16N2O3. The molecule has 1 atom stereocenters. The van der Waals surface area contributed by atoms with E-state index in [0.29, 0.717) is 16.9 Å². The summed E-state index contributed by atoms with van der Waals surface area (Å²) in [6.45, 7) is 1.85. The molecule has 0 aliphatic rings. The van der Waals surface area contributed by atoms with Gasteiger partial charge in [-0.05, 0) is 42.3 Å². The van der Waals surface area contributed by atoms with Gasteiger partial charge in [-0.15, -0.1) is 0 Å². The minimum Gasteiger partial charge on any atom is -0.490 e. The van der Waals surface area contributed by atoms with Gasteiger partial charge in [0, 0.05) is 0 Å². The van der Waals surface area contributed by atoms with Crippen LogP contribution < -0.4 is 10.5 Å². The smallest absolute Gasteiger partial charge is 0.252 e. The van der Waals surface area contributed by atoms with Crippen molar-refractivity contribution in [2.45, 2.75) is 13.0 Å². The molecule has 0 aliphatic carbocycles. The molecule has 3 N–H and O–H groups in total. The minimum absolute atomic E-state index is 0.0182. The van der Waals surface area contributed by atoms with Crippen LogP contribution in [0.5, 0.6) is 5.75 Å². The van der Waals surface area contributed by atoms with Crippen LogP contribution in [0.3, 0.4) is 0 Å². The zero-order valence-corrected chi connectivity index (χ0v) is 12.1. The third kappa shape index (κ3) is 3.62. The number of primary amides is 1. The number of nitrogens with two attached hydrogens (primary N) is 1. The highest BCUT2D eigenvalue weighted by Gasteiger charge is 2.13. The Kier molecular flexibility index (Phi) is 4.77. The van der Waals surface area contributed by atoms with Crippen molar-refractivity contribution < 1.29 is 14.6 Å². The number of nitriles is 1. The number of hydrogen-bond acceptors (Lipinski definition) is 4. The van der Waals surface area contributed by atoms with E-state index >= 15 is 0 Å². The standard InChI is InChI=1S/C17H16N2O3/c1-11-2-7-14(17(19)21)16(8-11)22-10-15(20)13-5-3-12(9-18)4-6-13/h2-8,15,20H,10H2,1H3,(H2,19,21). The molecule has 0 saturated carbocycles. The molecule has 1 amide bonds. The lowest BCUT2D eigenvalue weighted by Gasteiger charge is -2.15. The van der Waals surface area contributed by atoms with E-state index in [9.17, 15) is 9.90 Å². The second kappa shape index (κ2) is 6.74. The second-order valence-corrected chi connectivity index (χ2v) is 4.92. The van der Waals surface area contributed by atoms with Crippen LogP contribution in [0.4, 0.5) is 0 Å². The summed E-state index contributed by atoms with van der Waals surface area (Å²) in [5.41, 5.74) is 7.65. The second-order valence-electron chi connectivity index (χ2n) is 4.92. The van der Waals surface area contributed by atoms with Crippen LogP contribution in [-0.4, -0.2) is 17.6 Å². The van der Waals surface area contributed by atoms with Crippen LogP contribution in [-0.2, 0) is 0 Å². The van der Waals surface area contributed by atoms with E-state index in [1.165, 1.54) is 0 Å². The minimum atomic E-state index is -0.867. The number of benzene rings is 2. The monoisotopic (exact) mass is 296 g/mol. The number of aryl methyl sites for hydroxylation is 1. The third-order valence-electron chi connectivity index (χ3n) is 3.22. The van der Waals surface area contributed by atoms with E-state index in [4.69, 9.17) is 15.7 Å². The highest BCUT2D eigenvalue weighted by molar-refractivity contribution is 5.95. The number of hydrogen-bond donors (Lipinski definition) is 2. The number of nitrogens with zero attached hydrogens (tertiary/aromatic N) is 1. The van der Waals surface area contributed by atoms with Gasteiger partial charge in [-0.2, -0.15) is 5.26 Å². The molecule has 2 aromatic carbocycles. The topological polar surface area (TPSA) is 96.3 Å². The predicted molar refractivity (Wildman–Crippen MR) is 81.3 cm³/mol.